The van der Waals surface area contributed by atoms with Crippen LogP contribution >= 0.6 is 15.9 Å². The van der Waals surface area contributed by atoms with Crippen molar-refractivity contribution in [1.82, 2.24) is 0 Å². The van der Waals surface area contributed by atoms with E-state index in [1.54, 1.807) is 0 Å². The van der Waals surface area contributed by atoms with Gasteiger partial charge in [-0.25, -0.2) is 4.39 Å². The minimum atomic E-state index is -0.295. The van der Waals surface area contributed by atoms with E-state index in [0.717, 1.165) is 24.8 Å². The molecule has 13 heavy (non-hydrogen) atoms. The summed E-state index contributed by atoms with van der Waals surface area (Å²) in [5.74, 6) is 0.481. The summed E-state index contributed by atoms with van der Waals surface area (Å²) in [5, 5.41) is 0. The van der Waals surface area contributed by atoms with Gasteiger partial charge in [0.1, 0.15) is 6.67 Å². The Balaban J connectivity index is 2.93. The smallest absolute Gasteiger partial charge is 0.111 e. The predicted molar refractivity (Wildman–Crippen MR) is 58.7 cm³/mol. The van der Waals surface area contributed by atoms with Crippen LogP contribution < -0.4 is 0 Å². The molecule has 0 saturated heterocycles. The summed E-state index contributed by atoms with van der Waals surface area (Å²) in [6.45, 7) is 4.00. The molecule has 0 spiro atoms. The van der Waals surface area contributed by atoms with Crippen LogP contribution in [0.2, 0.25) is 0 Å². The largest absolute Gasteiger partial charge is 0.246 e. The van der Waals surface area contributed by atoms with E-state index in [2.05, 4.69) is 29.8 Å². The van der Waals surface area contributed by atoms with Crippen LogP contribution in [0.1, 0.15) is 33.1 Å². The Kier molecular flexibility index (Phi) is 4.17. The van der Waals surface area contributed by atoms with E-state index in [1.165, 1.54) is 10.1 Å². The lowest BCUT2D eigenvalue weighted by Gasteiger charge is -2.09. The zero-order valence-electron chi connectivity index (χ0n) is 8.24. The Bertz CT molecular complexity index is 238. The Hall–Kier alpha value is -0.110. The summed E-state index contributed by atoms with van der Waals surface area (Å²) in [4.78, 5) is 0. The molecule has 74 valence electrons. The summed E-state index contributed by atoms with van der Waals surface area (Å²) in [7, 11) is 0. The van der Waals surface area contributed by atoms with Gasteiger partial charge in [-0.3, -0.25) is 0 Å². The van der Waals surface area contributed by atoms with Gasteiger partial charge in [-0.1, -0.05) is 35.9 Å². The van der Waals surface area contributed by atoms with Gasteiger partial charge in [0.05, 0.1) is 0 Å². The topological polar surface area (TPSA) is 0 Å². The Morgan fingerprint density at radius 3 is 2.69 bits per heavy atom. The first kappa shape index (κ1) is 11.0. The van der Waals surface area contributed by atoms with Crippen LogP contribution in [0.25, 0.3) is 0 Å². The summed E-state index contributed by atoms with van der Waals surface area (Å²) in [5.41, 5.74) is 2.21. The lowest BCUT2D eigenvalue weighted by Crippen LogP contribution is -1.94. The molecule has 0 saturated carbocycles. The van der Waals surface area contributed by atoms with E-state index >= 15 is 0 Å². The van der Waals surface area contributed by atoms with Gasteiger partial charge in [-0.2, -0.15) is 0 Å². The van der Waals surface area contributed by atoms with Gasteiger partial charge in [0, 0.05) is 0 Å². The minimum Gasteiger partial charge on any atom is -0.246 e. The standard InChI is InChI=1S/C11H16BrF/c1-8(2)10-6-9(7-13)4-3-5-11(10)12/h6,8H,3-5,7H2,1-2H3. The average Bonchev–Trinajstić information content (AvgIpc) is 2.26. The van der Waals surface area contributed by atoms with E-state index < -0.39 is 0 Å². The van der Waals surface area contributed by atoms with Crippen LogP contribution in [-0.2, 0) is 0 Å². The van der Waals surface area contributed by atoms with Crippen LogP contribution in [-0.4, -0.2) is 6.67 Å². The van der Waals surface area contributed by atoms with Crippen molar-refractivity contribution in [2.24, 2.45) is 5.92 Å². The van der Waals surface area contributed by atoms with E-state index in [9.17, 15) is 4.39 Å². The van der Waals surface area contributed by atoms with E-state index in [0.29, 0.717) is 5.92 Å². The number of halogens is 2. The third-order valence-electron chi connectivity index (χ3n) is 2.36. The van der Waals surface area contributed by atoms with Crippen molar-refractivity contribution in [3.63, 3.8) is 0 Å². The highest BCUT2D eigenvalue weighted by atomic mass is 79.9. The van der Waals surface area contributed by atoms with Crippen LogP contribution in [0, 0.1) is 5.92 Å². The van der Waals surface area contributed by atoms with E-state index in [-0.39, 0.29) is 6.67 Å². The Labute approximate surface area is 88.0 Å². The predicted octanol–water partition coefficient (Wildman–Crippen LogP) is 4.37. The van der Waals surface area contributed by atoms with Gasteiger partial charge >= 0.3 is 0 Å². The third kappa shape index (κ3) is 2.94. The number of rotatable bonds is 2. The number of allylic oxidation sites excluding steroid dienone is 4. The van der Waals surface area contributed by atoms with Gasteiger partial charge in [-0.15, -0.1) is 0 Å². The SMILES string of the molecule is CC(C)C1=C(Br)CCCC(CF)=C1. The Morgan fingerprint density at radius 1 is 1.46 bits per heavy atom. The maximum atomic E-state index is 12.5. The molecule has 0 aromatic rings. The van der Waals surface area contributed by atoms with Crippen molar-refractivity contribution in [2.75, 3.05) is 6.67 Å². The van der Waals surface area contributed by atoms with Crippen LogP contribution in [0.4, 0.5) is 4.39 Å². The molecule has 0 unspecified atom stereocenters. The molecule has 1 aliphatic carbocycles. The highest BCUT2D eigenvalue weighted by molar-refractivity contribution is 9.11. The number of alkyl halides is 1. The second kappa shape index (κ2) is 4.94. The highest BCUT2D eigenvalue weighted by Crippen LogP contribution is 2.30. The summed E-state index contributed by atoms with van der Waals surface area (Å²) < 4.78 is 13.8. The number of hydrogen-bond acceptors (Lipinski definition) is 0. The molecular weight excluding hydrogens is 231 g/mol. The van der Waals surface area contributed by atoms with Gasteiger partial charge in [0.25, 0.3) is 0 Å². The summed E-state index contributed by atoms with van der Waals surface area (Å²) in [6, 6.07) is 0. The molecule has 0 amide bonds. The van der Waals surface area contributed by atoms with Crippen LogP contribution in [0.15, 0.2) is 21.7 Å². The number of hydrogen-bond donors (Lipinski definition) is 0. The molecule has 0 aromatic carbocycles. The minimum absolute atomic E-state index is 0.295. The molecule has 1 aliphatic rings. The van der Waals surface area contributed by atoms with Gasteiger partial charge < -0.3 is 0 Å². The fourth-order valence-corrected chi connectivity index (χ4v) is 2.42. The maximum absolute atomic E-state index is 12.5. The molecule has 0 N–H and O–H groups in total. The maximum Gasteiger partial charge on any atom is 0.111 e. The Morgan fingerprint density at radius 2 is 2.15 bits per heavy atom. The molecular formula is C11H16BrF. The molecule has 1 rings (SSSR count). The second-order valence-electron chi connectivity index (χ2n) is 3.80. The van der Waals surface area contributed by atoms with Crippen LogP contribution in [0.3, 0.4) is 0 Å². The monoisotopic (exact) mass is 246 g/mol. The fraction of sp³-hybridized carbons (Fsp3) is 0.636. The van der Waals surface area contributed by atoms with Crippen molar-refractivity contribution in [2.45, 2.75) is 33.1 Å². The molecule has 0 atom stereocenters. The van der Waals surface area contributed by atoms with Crippen molar-refractivity contribution in [3.8, 4) is 0 Å². The molecule has 2 heteroatoms. The molecule has 0 fully saturated rings. The second-order valence-corrected chi connectivity index (χ2v) is 4.76. The summed E-state index contributed by atoms with van der Waals surface area (Å²) in [6.07, 6.45) is 5.05. The summed E-state index contributed by atoms with van der Waals surface area (Å²) >= 11 is 3.57. The zero-order valence-corrected chi connectivity index (χ0v) is 9.83. The van der Waals surface area contributed by atoms with Crippen molar-refractivity contribution >= 4 is 15.9 Å². The lowest BCUT2D eigenvalue weighted by molar-refractivity contribution is 0.528. The van der Waals surface area contributed by atoms with Crippen molar-refractivity contribution in [3.05, 3.63) is 21.7 Å². The lowest BCUT2D eigenvalue weighted by atomic mass is 10.0. The van der Waals surface area contributed by atoms with Gasteiger partial charge in [0.2, 0.25) is 0 Å². The first-order valence-corrected chi connectivity index (χ1v) is 5.58. The van der Waals surface area contributed by atoms with Crippen molar-refractivity contribution < 1.29 is 4.39 Å². The molecule has 0 radical (unpaired) electrons. The molecule has 0 aromatic heterocycles. The highest BCUT2D eigenvalue weighted by Gasteiger charge is 2.12. The van der Waals surface area contributed by atoms with Crippen molar-refractivity contribution in [1.29, 1.82) is 0 Å². The molecule has 0 bridgehead atoms. The normalized spacial score (nSPS) is 19.0. The van der Waals surface area contributed by atoms with E-state index in [4.69, 9.17) is 0 Å². The molecule has 0 nitrogen and oxygen atoms in total. The first-order valence-electron chi connectivity index (χ1n) is 4.79. The van der Waals surface area contributed by atoms with E-state index in [1.807, 2.05) is 6.08 Å². The molecule has 0 aliphatic heterocycles. The van der Waals surface area contributed by atoms with Gasteiger partial charge in [-0.05, 0) is 40.8 Å². The first-order chi connectivity index (χ1) is 6.15. The quantitative estimate of drug-likeness (QED) is 0.679. The fourth-order valence-electron chi connectivity index (χ4n) is 1.57. The van der Waals surface area contributed by atoms with Crippen LogP contribution in [0.5, 0.6) is 0 Å². The third-order valence-corrected chi connectivity index (χ3v) is 3.22. The average molecular weight is 247 g/mol. The zero-order chi connectivity index (χ0) is 9.84. The van der Waals surface area contributed by atoms with Gasteiger partial charge in [0.15, 0.2) is 0 Å². The molecule has 0 heterocycles.